The van der Waals surface area contributed by atoms with E-state index in [1.54, 1.807) is 38.4 Å². The highest BCUT2D eigenvalue weighted by atomic mass is 16.5. The summed E-state index contributed by atoms with van der Waals surface area (Å²) in [5.74, 6) is 0.617. The minimum absolute atomic E-state index is 0.0469. The molecular formula is C23H26N2O4. The molecule has 0 aliphatic rings. The SMILES string of the molecule is C=CCOc1ccc(/C=C/C(=O)N(C)CC(=O)Nc2ccc(C)cc2)cc1OC. The highest BCUT2D eigenvalue weighted by Gasteiger charge is 2.11. The minimum Gasteiger partial charge on any atom is -0.493 e. The zero-order valence-corrected chi connectivity index (χ0v) is 17.0. The smallest absolute Gasteiger partial charge is 0.246 e. The van der Waals surface area contributed by atoms with Crippen molar-refractivity contribution in [1.29, 1.82) is 0 Å². The van der Waals surface area contributed by atoms with Crippen LogP contribution in [0.1, 0.15) is 11.1 Å². The lowest BCUT2D eigenvalue weighted by molar-refractivity contribution is -0.129. The van der Waals surface area contributed by atoms with E-state index < -0.39 is 0 Å². The van der Waals surface area contributed by atoms with Gasteiger partial charge in [-0.2, -0.15) is 0 Å². The van der Waals surface area contributed by atoms with Gasteiger partial charge in [0.15, 0.2) is 11.5 Å². The van der Waals surface area contributed by atoms with Gasteiger partial charge >= 0.3 is 0 Å². The average molecular weight is 394 g/mol. The van der Waals surface area contributed by atoms with E-state index >= 15 is 0 Å². The highest BCUT2D eigenvalue weighted by Crippen LogP contribution is 2.28. The average Bonchev–Trinajstić information content (AvgIpc) is 2.72. The van der Waals surface area contributed by atoms with E-state index in [4.69, 9.17) is 9.47 Å². The Morgan fingerprint density at radius 1 is 1.14 bits per heavy atom. The summed E-state index contributed by atoms with van der Waals surface area (Å²) in [6, 6.07) is 12.8. The predicted molar refractivity (Wildman–Crippen MR) is 115 cm³/mol. The molecule has 2 aromatic carbocycles. The summed E-state index contributed by atoms with van der Waals surface area (Å²) < 4.78 is 10.8. The summed E-state index contributed by atoms with van der Waals surface area (Å²) in [5.41, 5.74) is 2.58. The van der Waals surface area contributed by atoms with E-state index in [0.29, 0.717) is 23.8 Å². The fraction of sp³-hybridized carbons (Fsp3) is 0.217. The standard InChI is InChI=1S/C23H26N2O4/c1-5-14-29-20-12-8-18(15-21(20)28-4)9-13-23(27)25(3)16-22(26)24-19-10-6-17(2)7-11-19/h5-13,15H,1,14,16H2,2-4H3,(H,24,26)/b13-9+. The van der Waals surface area contributed by atoms with Crippen molar-refractivity contribution in [1.82, 2.24) is 4.90 Å². The van der Waals surface area contributed by atoms with E-state index in [0.717, 1.165) is 11.1 Å². The first-order valence-corrected chi connectivity index (χ1v) is 9.14. The first-order chi connectivity index (χ1) is 13.9. The number of nitrogens with one attached hydrogen (secondary N) is 1. The van der Waals surface area contributed by atoms with Crippen LogP contribution in [0.15, 0.2) is 61.2 Å². The quantitative estimate of drug-likeness (QED) is 0.520. The van der Waals surface area contributed by atoms with Gasteiger partial charge < -0.3 is 19.7 Å². The molecule has 1 N–H and O–H groups in total. The fourth-order valence-corrected chi connectivity index (χ4v) is 2.48. The Morgan fingerprint density at radius 2 is 1.86 bits per heavy atom. The molecule has 6 nitrogen and oxygen atoms in total. The molecule has 152 valence electrons. The minimum atomic E-state index is -0.282. The van der Waals surface area contributed by atoms with Gasteiger partial charge in [-0.1, -0.05) is 36.4 Å². The molecule has 2 rings (SSSR count). The molecule has 0 aliphatic heterocycles. The van der Waals surface area contributed by atoms with Crippen LogP contribution in [-0.2, 0) is 9.59 Å². The first kappa shape index (κ1) is 21.8. The largest absolute Gasteiger partial charge is 0.493 e. The van der Waals surface area contributed by atoms with Gasteiger partial charge in [-0.25, -0.2) is 0 Å². The van der Waals surface area contributed by atoms with Gasteiger partial charge in [-0.3, -0.25) is 9.59 Å². The number of benzene rings is 2. The maximum atomic E-state index is 12.3. The van der Waals surface area contributed by atoms with Gasteiger partial charge in [0.05, 0.1) is 13.7 Å². The van der Waals surface area contributed by atoms with Crippen LogP contribution in [0, 0.1) is 6.92 Å². The summed E-state index contributed by atoms with van der Waals surface area (Å²) in [6.45, 7) is 5.92. The van der Waals surface area contributed by atoms with E-state index in [1.807, 2.05) is 37.3 Å². The normalized spacial score (nSPS) is 10.4. The number of likely N-dealkylation sites (N-methyl/N-ethyl adjacent to an activating group) is 1. The number of methoxy groups -OCH3 is 1. The van der Waals surface area contributed by atoms with Crippen molar-refractivity contribution < 1.29 is 19.1 Å². The molecule has 2 aromatic rings. The second-order valence-corrected chi connectivity index (χ2v) is 6.45. The number of hydrogen-bond acceptors (Lipinski definition) is 4. The number of hydrogen-bond donors (Lipinski definition) is 1. The summed E-state index contributed by atoms with van der Waals surface area (Å²) in [7, 11) is 3.13. The van der Waals surface area contributed by atoms with Gasteiger partial charge in [-0.05, 0) is 42.8 Å². The fourth-order valence-electron chi connectivity index (χ4n) is 2.48. The van der Waals surface area contributed by atoms with Gasteiger partial charge in [0.1, 0.15) is 6.61 Å². The van der Waals surface area contributed by atoms with Crippen molar-refractivity contribution in [3.63, 3.8) is 0 Å². The molecule has 0 atom stereocenters. The third-order valence-electron chi connectivity index (χ3n) is 4.06. The zero-order valence-electron chi connectivity index (χ0n) is 17.0. The topological polar surface area (TPSA) is 67.9 Å². The van der Waals surface area contributed by atoms with Crippen molar-refractivity contribution in [2.45, 2.75) is 6.92 Å². The van der Waals surface area contributed by atoms with Crippen molar-refractivity contribution in [3.05, 3.63) is 72.3 Å². The Hall–Kier alpha value is -3.54. The first-order valence-electron chi connectivity index (χ1n) is 9.14. The lowest BCUT2D eigenvalue weighted by atomic mass is 10.2. The molecular weight excluding hydrogens is 368 g/mol. The number of carbonyl (C=O) groups is 2. The van der Waals surface area contributed by atoms with Crippen LogP contribution < -0.4 is 14.8 Å². The third-order valence-corrected chi connectivity index (χ3v) is 4.06. The molecule has 0 heterocycles. The maximum Gasteiger partial charge on any atom is 0.246 e. The number of nitrogens with zero attached hydrogens (tertiary/aromatic N) is 1. The molecule has 0 saturated heterocycles. The van der Waals surface area contributed by atoms with Gasteiger partial charge in [-0.15, -0.1) is 0 Å². The molecule has 0 spiro atoms. The van der Waals surface area contributed by atoms with E-state index in [2.05, 4.69) is 11.9 Å². The number of anilines is 1. The van der Waals surface area contributed by atoms with Crippen LogP contribution in [-0.4, -0.2) is 44.0 Å². The monoisotopic (exact) mass is 394 g/mol. The number of carbonyl (C=O) groups excluding carboxylic acids is 2. The van der Waals surface area contributed by atoms with Crippen LogP contribution in [0.5, 0.6) is 11.5 Å². The van der Waals surface area contributed by atoms with Crippen LogP contribution >= 0.6 is 0 Å². The summed E-state index contributed by atoms with van der Waals surface area (Å²) in [6.07, 6.45) is 4.73. The Labute approximate surface area is 171 Å². The lowest BCUT2D eigenvalue weighted by Gasteiger charge is -2.15. The second kappa shape index (κ2) is 10.7. The number of rotatable bonds is 9. The van der Waals surface area contributed by atoms with Gasteiger partial charge in [0.2, 0.25) is 11.8 Å². The van der Waals surface area contributed by atoms with E-state index in [9.17, 15) is 9.59 Å². The van der Waals surface area contributed by atoms with Crippen molar-refractivity contribution in [2.75, 3.05) is 32.6 Å². The van der Waals surface area contributed by atoms with E-state index in [1.165, 1.54) is 11.0 Å². The zero-order chi connectivity index (χ0) is 21.2. The van der Waals surface area contributed by atoms with Crippen molar-refractivity contribution >= 4 is 23.6 Å². The van der Waals surface area contributed by atoms with Crippen LogP contribution in [0.25, 0.3) is 6.08 Å². The van der Waals surface area contributed by atoms with Crippen molar-refractivity contribution in [3.8, 4) is 11.5 Å². The Kier molecular flexibility index (Phi) is 8.03. The summed E-state index contributed by atoms with van der Waals surface area (Å²) >= 11 is 0. The van der Waals surface area contributed by atoms with Crippen LogP contribution in [0.2, 0.25) is 0 Å². The van der Waals surface area contributed by atoms with Crippen LogP contribution in [0.4, 0.5) is 5.69 Å². The number of amides is 2. The Bertz CT molecular complexity index is 888. The van der Waals surface area contributed by atoms with Crippen LogP contribution in [0.3, 0.4) is 0 Å². The molecule has 0 radical (unpaired) electrons. The molecule has 0 aliphatic carbocycles. The molecule has 0 fully saturated rings. The Balaban J connectivity index is 1.94. The maximum absolute atomic E-state index is 12.3. The molecule has 0 saturated carbocycles. The third kappa shape index (κ3) is 6.84. The van der Waals surface area contributed by atoms with Gasteiger partial charge in [0.25, 0.3) is 0 Å². The summed E-state index contributed by atoms with van der Waals surface area (Å²) in [4.78, 5) is 25.8. The molecule has 6 heteroatoms. The predicted octanol–water partition coefficient (Wildman–Crippen LogP) is 3.68. The highest BCUT2D eigenvalue weighted by molar-refractivity contribution is 5.97. The number of ether oxygens (including phenoxy) is 2. The molecule has 29 heavy (non-hydrogen) atoms. The second-order valence-electron chi connectivity index (χ2n) is 6.45. The lowest BCUT2D eigenvalue weighted by Crippen LogP contribution is -2.33. The van der Waals surface area contributed by atoms with E-state index in [-0.39, 0.29) is 18.4 Å². The summed E-state index contributed by atoms with van der Waals surface area (Å²) in [5, 5.41) is 2.77. The molecule has 0 bridgehead atoms. The van der Waals surface area contributed by atoms with Gasteiger partial charge in [0, 0.05) is 18.8 Å². The molecule has 0 unspecified atom stereocenters. The van der Waals surface area contributed by atoms with Crippen molar-refractivity contribution in [2.24, 2.45) is 0 Å². The molecule has 0 aromatic heterocycles. The molecule has 2 amide bonds. The number of aryl methyl sites for hydroxylation is 1. The Morgan fingerprint density at radius 3 is 2.52 bits per heavy atom.